The fourth-order valence-corrected chi connectivity index (χ4v) is 1.65. The number of hydrogen-bond donors (Lipinski definition) is 0. The van der Waals surface area contributed by atoms with E-state index in [9.17, 15) is 18.4 Å². The van der Waals surface area contributed by atoms with Crippen LogP contribution >= 0.6 is 15.9 Å². The number of Topliss-reactive ketones (excluding diaryl/α,β-unsaturated/α-hetero) is 1. The van der Waals surface area contributed by atoms with E-state index >= 15 is 0 Å². The largest absolute Gasteiger partial charge is 0.466 e. The number of hydrogen-bond acceptors (Lipinski definition) is 3. The van der Waals surface area contributed by atoms with Crippen molar-refractivity contribution in [2.75, 3.05) is 6.61 Å². The molecule has 0 heterocycles. The molecule has 0 aliphatic heterocycles. The van der Waals surface area contributed by atoms with Gasteiger partial charge in [-0.25, -0.2) is 8.78 Å². The summed E-state index contributed by atoms with van der Waals surface area (Å²) < 4.78 is 31.9. The van der Waals surface area contributed by atoms with Crippen molar-refractivity contribution in [3.63, 3.8) is 0 Å². The molecular formula is C12H11BrF2O3. The van der Waals surface area contributed by atoms with Crippen LogP contribution in [-0.2, 0) is 9.53 Å². The van der Waals surface area contributed by atoms with Gasteiger partial charge in [-0.15, -0.1) is 0 Å². The summed E-state index contributed by atoms with van der Waals surface area (Å²) in [6.45, 7) is 1.67. The van der Waals surface area contributed by atoms with Crippen LogP contribution in [0.5, 0.6) is 0 Å². The Bertz CT molecular complexity index is 463. The van der Waals surface area contributed by atoms with Gasteiger partial charge in [0.2, 0.25) is 0 Å². The molecule has 0 spiro atoms. The number of esters is 1. The lowest BCUT2D eigenvalue weighted by atomic mass is 10.0. The second-order valence-electron chi connectivity index (χ2n) is 3.47. The molecule has 0 fully saturated rings. The minimum absolute atomic E-state index is 0.104. The first-order chi connectivity index (χ1) is 8.45. The van der Waals surface area contributed by atoms with E-state index in [1.807, 2.05) is 0 Å². The van der Waals surface area contributed by atoms with Crippen molar-refractivity contribution >= 4 is 27.7 Å². The summed E-state index contributed by atoms with van der Waals surface area (Å²) in [6, 6.07) is 3.65. The van der Waals surface area contributed by atoms with E-state index in [-0.39, 0.29) is 12.2 Å². The second kappa shape index (κ2) is 6.58. The minimum Gasteiger partial charge on any atom is -0.466 e. The van der Waals surface area contributed by atoms with Gasteiger partial charge in [0.05, 0.1) is 18.6 Å². The average molecular weight is 321 g/mol. The third kappa shape index (κ3) is 3.87. The number of carbonyl (C=O) groups is 2. The van der Waals surface area contributed by atoms with Crippen LogP contribution in [0.3, 0.4) is 0 Å². The molecule has 0 N–H and O–H groups in total. The van der Waals surface area contributed by atoms with E-state index < -0.39 is 30.2 Å². The van der Waals surface area contributed by atoms with Crippen LogP contribution in [0, 0.1) is 5.82 Å². The third-order valence-corrected chi connectivity index (χ3v) is 2.63. The van der Waals surface area contributed by atoms with E-state index in [0.29, 0.717) is 4.47 Å². The molecular weight excluding hydrogens is 310 g/mol. The third-order valence-electron chi connectivity index (χ3n) is 2.13. The Morgan fingerprint density at radius 3 is 2.67 bits per heavy atom. The molecule has 0 bridgehead atoms. The van der Waals surface area contributed by atoms with Crippen LogP contribution in [0.15, 0.2) is 22.7 Å². The van der Waals surface area contributed by atoms with Gasteiger partial charge in [-0.05, 0) is 25.1 Å². The summed E-state index contributed by atoms with van der Waals surface area (Å²) in [7, 11) is 0. The molecule has 0 aromatic heterocycles. The fraction of sp³-hybridized carbons (Fsp3) is 0.333. The average Bonchev–Trinajstić information content (AvgIpc) is 2.28. The van der Waals surface area contributed by atoms with Gasteiger partial charge in [0.25, 0.3) is 0 Å². The molecule has 6 heteroatoms. The van der Waals surface area contributed by atoms with Crippen molar-refractivity contribution in [1.82, 2.24) is 0 Å². The highest BCUT2D eigenvalue weighted by molar-refractivity contribution is 9.10. The van der Waals surface area contributed by atoms with Crippen molar-refractivity contribution < 1.29 is 23.1 Å². The molecule has 1 aromatic carbocycles. The Labute approximate surface area is 111 Å². The molecule has 98 valence electrons. The van der Waals surface area contributed by atoms with Crippen molar-refractivity contribution in [2.24, 2.45) is 0 Å². The summed E-state index contributed by atoms with van der Waals surface area (Å²) in [5.41, 5.74) is -0.380. The van der Waals surface area contributed by atoms with Gasteiger partial charge in [0, 0.05) is 4.47 Å². The molecule has 0 radical (unpaired) electrons. The lowest BCUT2D eigenvalue weighted by Crippen LogP contribution is -2.22. The number of alkyl halides is 1. The van der Waals surface area contributed by atoms with Crippen LogP contribution in [0.25, 0.3) is 0 Å². The minimum atomic E-state index is -2.10. The first kappa shape index (κ1) is 14.8. The van der Waals surface area contributed by atoms with Gasteiger partial charge in [0.15, 0.2) is 12.0 Å². The molecule has 3 nitrogen and oxygen atoms in total. The van der Waals surface area contributed by atoms with Gasteiger partial charge < -0.3 is 4.74 Å². The van der Waals surface area contributed by atoms with Gasteiger partial charge in [-0.3, -0.25) is 9.59 Å². The smallest absolute Gasteiger partial charge is 0.309 e. The van der Waals surface area contributed by atoms with Crippen molar-refractivity contribution in [3.05, 3.63) is 34.1 Å². The summed E-state index contributed by atoms with van der Waals surface area (Å²) in [5.74, 6) is -2.72. The van der Waals surface area contributed by atoms with Crippen LogP contribution in [-0.4, -0.2) is 24.5 Å². The zero-order valence-corrected chi connectivity index (χ0v) is 11.2. The Morgan fingerprint density at radius 1 is 1.44 bits per heavy atom. The number of halogens is 3. The molecule has 1 rings (SSSR count). The summed E-state index contributed by atoms with van der Waals surface area (Å²) in [6.07, 6.45) is -2.80. The SMILES string of the molecule is CCOC(=O)CC(F)C(=O)c1ccc(Br)cc1F. The maximum absolute atomic E-state index is 13.5. The normalized spacial score (nSPS) is 12.0. The number of ether oxygens (including phenoxy) is 1. The maximum Gasteiger partial charge on any atom is 0.309 e. The summed E-state index contributed by atoms with van der Waals surface area (Å²) >= 11 is 3.02. The van der Waals surface area contributed by atoms with Gasteiger partial charge in [-0.2, -0.15) is 0 Å². The molecule has 0 aliphatic rings. The lowest BCUT2D eigenvalue weighted by Gasteiger charge is -2.08. The first-order valence-corrected chi connectivity index (χ1v) is 6.04. The van der Waals surface area contributed by atoms with Crippen molar-refractivity contribution in [1.29, 1.82) is 0 Å². The Kier molecular flexibility index (Phi) is 5.40. The Hall–Kier alpha value is -1.30. The topological polar surface area (TPSA) is 43.4 Å². The molecule has 1 unspecified atom stereocenters. The standard InChI is InChI=1S/C12H11BrF2O3/c1-2-18-11(16)6-10(15)12(17)8-4-3-7(13)5-9(8)14/h3-5,10H,2,6H2,1H3. The molecule has 18 heavy (non-hydrogen) atoms. The Balaban J connectivity index is 2.77. The van der Waals surface area contributed by atoms with E-state index in [1.54, 1.807) is 6.92 Å². The Morgan fingerprint density at radius 2 is 2.11 bits per heavy atom. The number of ketones is 1. The highest BCUT2D eigenvalue weighted by atomic mass is 79.9. The van der Waals surface area contributed by atoms with Crippen LogP contribution in [0.4, 0.5) is 8.78 Å². The van der Waals surface area contributed by atoms with Gasteiger partial charge in [0.1, 0.15) is 5.82 Å². The van der Waals surface area contributed by atoms with E-state index in [0.717, 1.165) is 6.07 Å². The lowest BCUT2D eigenvalue weighted by molar-refractivity contribution is -0.144. The second-order valence-corrected chi connectivity index (χ2v) is 4.38. The molecule has 0 aliphatic carbocycles. The summed E-state index contributed by atoms with van der Waals surface area (Å²) in [5, 5.41) is 0. The number of carbonyl (C=O) groups excluding carboxylic acids is 2. The molecule has 1 atom stereocenters. The maximum atomic E-state index is 13.5. The van der Waals surface area contributed by atoms with E-state index in [2.05, 4.69) is 20.7 Å². The zero-order valence-electron chi connectivity index (χ0n) is 9.58. The van der Waals surface area contributed by atoms with Crippen LogP contribution < -0.4 is 0 Å². The molecule has 0 saturated carbocycles. The van der Waals surface area contributed by atoms with Crippen molar-refractivity contribution in [2.45, 2.75) is 19.5 Å². The van der Waals surface area contributed by atoms with Gasteiger partial charge >= 0.3 is 5.97 Å². The molecule has 0 amide bonds. The quantitative estimate of drug-likeness (QED) is 0.618. The van der Waals surface area contributed by atoms with Crippen molar-refractivity contribution in [3.8, 4) is 0 Å². The first-order valence-electron chi connectivity index (χ1n) is 5.24. The van der Waals surface area contributed by atoms with E-state index in [4.69, 9.17) is 0 Å². The molecule has 0 saturated heterocycles. The van der Waals surface area contributed by atoms with Crippen LogP contribution in [0.1, 0.15) is 23.7 Å². The predicted octanol–water partition coefficient (Wildman–Crippen LogP) is 3.06. The zero-order chi connectivity index (χ0) is 13.7. The highest BCUT2D eigenvalue weighted by Crippen LogP contribution is 2.18. The summed E-state index contributed by atoms with van der Waals surface area (Å²) in [4.78, 5) is 22.6. The van der Waals surface area contributed by atoms with Gasteiger partial charge in [-0.1, -0.05) is 15.9 Å². The number of benzene rings is 1. The monoisotopic (exact) mass is 320 g/mol. The van der Waals surface area contributed by atoms with E-state index in [1.165, 1.54) is 12.1 Å². The highest BCUT2D eigenvalue weighted by Gasteiger charge is 2.25. The fourth-order valence-electron chi connectivity index (χ4n) is 1.32. The predicted molar refractivity (Wildman–Crippen MR) is 64.6 cm³/mol. The molecule has 1 aromatic rings. The number of rotatable bonds is 5. The van der Waals surface area contributed by atoms with Crippen LogP contribution in [0.2, 0.25) is 0 Å².